The summed E-state index contributed by atoms with van der Waals surface area (Å²) < 4.78 is 50.5. The Hall–Kier alpha value is -0.920. The minimum absolute atomic E-state index is 0.000249. The average Bonchev–Trinajstić information content (AvgIpc) is 2.46. The van der Waals surface area contributed by atoms with Gasteiger partial charge >= 0.3 is 0 Å². The molecule has 1 heterocycles. The van der Waals surface area contributed by atoms with Crippen molar-refractivity contribution in [2.24, 2.45) is 11.8 Å². The normalized spacial score (nSPS) is 24.3. The van der Waals surface area contributed by atoms with Crippen molar-refractivity contribution >= 4 is 19.9 Å². The largest absolute Gasteiger partial charge is 0.243 e. The predicted molar refractivity (Wildman–Crippen MR) is 85.9 cm³/mol. The van der Waals surface area contributed by atoms with E-state index in [9.17, 15) is 16.8 Å². The topological polar surface area (TPSA) is 71.5 Å². The fourth-order valence-corrected chi connectivity index (χ4v) is 5.50. The van der Waals surface area contributed by atoms with Gasteiger partial charge in [-0.15, -0.1) is 0 Å². The van der Waals surface area contributed by atoms with Crippen molar-refractivity contribution in [2.45, 2.75) is 37.0 Å². The molecule has 0 radical (unpaired) electrons. The minimum atomic E-state index is -3.56. The molecule has 0 N–H and O–H groups in total. The van der Waals surface area contributed by atoms with Crippen LogP contribution in [-0.2, 0) is 19.9 Å². The van der Waals surface area contributed by atoms with Gasteiger partial charge in [-0.1, -0.05) is 20.8 Å². The third-order valence-corrected chi connectivity index (χ3v) is 7.63. The molecule has 1 aromatic carbocycles. The number of hydrogen-bond acceptors (Lipinski definition) is 4. The molecule has 1 aliphatic heterocycles. The molecule has 1 aliphatic rings. The van der Waals surface area contributed by atoms with E-state index in [1.807, 2.05) is 0 Å². The first-order valence-electron chi connectivity index (χ1n) is 7.49. The summed E-state index contributed by atoms with van der Waals surface area (Å²) in [5.74, 6) is 0.664. The molecule has 0 bridgehead atoms. The second-order valence-electron chi connectivity index (χ2n) is 6.14. The number of hydrogen-bond donors (Lipinski definition) is 0. The van der Waals surface area contributed by atoms with Crippen molar-refractivity contribution in [3.8, 4) is 0 Å². The highest BCUT2D eigenvalue weighted by molar-refractivity contribution is 7.91. The summed E-state index contributed by atoms with van der Waals surface area (Å²) in [5.41, 5.74) is 0. The highest BCUT2D eigenvalue weighted by Gasteiger charge is 2.31. The van der Waals surface area contributed by atoms with Crippen molar-refractivity contribution in [3.63, 3.8) is 0 Å². The van der Waals surface area contributed by atoms with E-state index in [1.165, 1.54) is 28.6 Å². The maximum atomic E-state index is 12.7. The molecule has 0 aliphatic carbocycles. The molecule has 1 saturated heterocycles. The first-order valence-corrected chi connectivity index (χ1v) is 10.6. The van der Waals surface area contributed by atoms with Crippen molar-refractivity contribution in [2.75, 3.05) is 18.8 Å². The molecule has 0 amide bonds. The molecule has 1 aromatic rings. The molecule has 0 aromatic heterocycles. The number of piperidine rings is 1. The van der Waals surface area contributed by atoms with Crippen molar-refractivity contribution in [3.05, 3.63) is 24.3 Å². The number of sulfone groups is 1. The zero-order valence-electron chi connectivity index (χ0n) is 13.2. The molecule has 0 unspecified atom stereocenters. The summed E-state index contributed by atoms with van der Waals surface area (Å²) >= 11 is 0. The lowest BCUT2D eigenvalue weighted by Crippen LogP contribution is -2.42. The van der Waals surface area contributed by atoms with Crippen LogP contribution in [0.2, 0.25) is 0 Å². The van der Waals surface area contributed by atoms with Gasteiger partial charge in [-0.05, 0) is 42.5 Å². The van der Waals surface area contributed by atoms with Gasteiger partial charge < -0.3 is 0 Å². The number of nitrogens with zero attached hydrogens (tertiary/aromatic N) is 1. The Bertz CT molecular complexity index is 713. The zero-order chi connectivity index (χ0) is 16.5. The lowest BCUT2D eigenvalue weighted by molar-refractivity contribution is 0.222. The molecule has 124 valence electrons. The second-order valence-corrected chi connectivity index (χ2v) is 10.4. The van der Waals surface area contributed by atoms with Crippen LogP contribution in [0.1, 0.15) is 27.2 Å². The van der Waals surface area contributed by atoms with E-state index in [1.54, 1.807) is 6.92 Å². The Balaban J connectivity index is 2.30. The smallest absolute Gasteiger partial charge is 0.224 e. The molecule has 0 spiro atoms. The van der Waals surface area contributed by atoms with Crippen LogP contribution in [0.3, 0.4) is 0 Å². The quantitative estimate of drug-likeness (QED) is 0.838. The SMILES string of the molecule is CCS(=O)(=O)c1ccc(S(=O)(=O)N2C[C@@H](C)C[C@H](C)C2)cc1. The fraction of sp³-hybridized carbons (Fsp3) is 0.600. The Kier molecular flexibility index (Phi) is 4.99. The lowest BCUT2D eigenvalue weighted by atomic mass is 9.94. The van der Waals surface area contributed by atoms with Crippen LogP contribution < -0.4 is 0 Å². The Morgan fingerprint density at radius 2 is 1.41 bits per heavy atom. The fourth-order valence-electron chi connectivity index (χ4n) is 2.94. The third kappa shape index (κ3) is 3.52. The average molecular weight is 345 g/mol. The summed E-state index contributed by atoms with van der Waals surface area (Å²) in [6, 6.07) is 5.54. The van der Waals surface area contributed by atoms with Gasteiger partial charge in [-0.2, -0.15) is 4.31 Å². The summed E-state index contributed by atoms with van der Waals surface area (Å²) in [7, 11) is -6.87. The number of benzene rings is 1. The summed E-state index contributed by atoms with van der Waals surface area (Å²) in [6.07, 6.45) is 1.03. The van der Waals surface area contributed by atoms with Gasteiger partial charge in [0.25, 0.3) is 0 Å². The van der Waals surface area contributed by atoms with Crippen LogP contribution in [0.15, 0.2) is 34.1 Å². The van der Waals surface area contributed by atoms with Gasteiger partial charge in [-0.25, -0.2) is 16.8 Å². The van der Waals surface area contributed by atoms with Crippen LogP contribution in [0, 0.1) is 11.8 Å². The monoisotopic (exact) mass is 345 g/mol. The first-order chi connectivity index (χ1) is 10.2. The second kappa shape index (κ2) is 6.29. The molecular weight excluding hydrogens is 322 g/mol. The minimum Gasteiger partial charge on any atom is -0.224 e. The molecule has 2 rings (SSSR count). The zero-order valence-corrected chi connectivity index (χ0v) is 14.8. The Labute approximate surface area is 133 Å². The molecule has 7 heteroatoms. The summed E-state index contributed by atoms with van der Waals surface area (Å²) in [5, 5.41) is 0. The molecule has 1 fully saturated rings. The standard InChI is InChI=1S/C15H23NO4S2/c1-4-21(17,18)14-5-7-15(8-6-14)22(19,20)16-10-12(2)9-13(3)11-16/h5-8,12-13H,4,9-11H2,1-3H3/t12-,13-/m0/s1. The van der Waals surface area contributed by atoms with Crippen molar-refractivity contribution in [1.82, 2.24) is 4.31 Å². The van der Waals surface area contributed by atoms with Gasteiger partial charge in [0.15, 0.2) is 9.84 Å². The first kappa shape index (κ1) is 17.4. The van der Waals surface area contributed by atoms with Gasteiger partial charge in [-0.3, -0.25) is 0 Å². The molecular formula is C15H23NO4S2. The van der Waals surface area contributed by atoms with Crippen LogP contribution in [0.4, 0.5) is 0 Å². The highest BCUT2D eigenvalue weighted by Crippen LogP contribution is 2.27. The Morgan fingerprint density at radius 3 is 1.86 bits per heavy atom. The van der Waals surface area contributed by atoms with E-state index in [-0.39, 0.29) is 15.5 Å². The van der Waals surface area contributed by atoms with Gasteiger partial charge in [0.05, 0.1) is 15.5 Å². The van der Waals surface area contributed by atoms with E-state index in [0.717, 1.165) is 6.42 Å². The van der Waals surface area contributed by atoms with Gasteiger partial charge in [0, 0.05) is 13.1 Å². The van der Waals surface area contributed by atoms with Crippen molar-refractivity contribution < 1.29 is 16.8 Å². The van der Waals surface area contributed by atoms with E-state index in [2.05, 4.69) is 13.8 Å². The third-order valence-electron chi connectivity index (χ3n) is 4.04. The Morgan fingerprint density at radius 1 is 0.955 bits per heavy atom. The maximum absolute atomic E-state index is 12.7. The lowest BCUT2D eigenvalue weighted by Gasteiger charge is -2.34. The number of rotatable bonds is 4. The highest BCUT2D eigenvalue weighted by atomic mass is 32.2. The van der Waals surface area contributed by atoms with Gasteiger partial charge in [0.2, 0.25) is 10.0 Å². The molecule has 0 saturated carbocycles. The molecule has 2 atom stereocenters. The molecule has 5 nitrogen and oxygen atoms in total. The van der Waals surface area contributed by atoms with Crippen LogP contribution in [0.25, 0.3) is 0 Å². The van der Waals surface area contributed by atoms with Crippen molar-refractivity contribution in [1.29, 1.82) is 0 Å². The number of sulfonamides is 1. The van der Waals surface area contributed by atoms with Crippen LogP contribution in [0.5, 0.6) is 0 Å². The van der Waals surface area contributed by atoms with Crippen LogP contribution in [-0.4, -0.2) is 40.0 Å². The summed E-state index contributed by atoms with van der Waals surface area (Å²) in [4.78, 5) is 0.318. The predicted octanol–water partition coefficient (Wildman–Crippen LogP) is 2.15. The van der Waals surface area contributed by atoms with E-state index < -0.39 is 19.9 Å². The van der Waals surface area contributed by atoms with E-state index >= 15 is 0 Å². The maximum Gasteiger partial charge on any atom is 0.243 e. The summed E-state index contributed by atoms with van der Waals surface area (Å²) in [6.45, 7) is 6.70. The van der Waals surface area contributed by atoms with Crippen LogP contribution >= 0.6 is 0 Å². The van der Waals surface area contributed by atoms with Gasteiger partial charge in [0.1, 0.15) is 0 Å². The van der Waals surface area contributed by atoms with E-state index in [4.69, 9.17) is 0 Å². The molecule has 22 heavy (non-hydrogen) atoms. The van der Waals surface area contributed by atoms with E-state index in [0.29, 0.717) is 24.9 Å².